The van der Waals surface area contributed by atoms with E-state index in [-0.39, 0.29) is 11.1 Å². The van der Waals surface area contributed by atoms with Crippen LogP contribution in [0.15, 0.2) is 18.6 Å². The Kier molecular flexibility index (Phi) is 4.28. The van der Waals surface area contributed by atoms with E-state index in [4.69, 9.17) is 10.1 Å². The van der Waals surface area contributed by atoms with Crippen LogP contribution in [0.5, 0.6) is 0 Å². The van der Waals surface area contributed by atoms with E-state index in [1.54, 1.807) is 0 Å². The fourth-order valence-electron chi connectivity index (χ4n) is 2.65. The van der Waals surface area contributed by atoms with Crippen LogP contribution in [0, 0.1) is 0 Å². The Morgan fingerprint density at radius 2 is 2.00 bits per heavy atom. The van der Waals surface area contributed by atoms with Gasteiger partial charge in [-0.3, -0.25) is 9.88 Å². The minimum absolute atomic E-state index is 0.0363. The molecule has 0 radical (unpaired) electrons. The molecule has 7 heteroatoms. The van der Waals surface area contributed by atoms with Crippen LogP contribution in [0.3, 0.4) is 0 Å². The van der Waals surface area contributed by atoms with Gasteiger partial charge in [0.15, 0.2) is 5.69 Å². The lowest BCUT2D eigenvalue weighted by Gasteiger charge is -2.28. The summed E-state index contributed by atoms with van der Waals surface area (Å²) in [6, 6.07) is 0. The summed E-state index contributed by atoms with van der Waals surface area (Å²) in [6.07, 6.45) is 5.63. The number of fused-ring (bicyclic) bond motifs is 1. The maximum atomic E-state index is 10.8. The van der Waals surface area contributed by atoms with Crippen molar-refractivity contribution >= 4 is 5.97 Å². The Morgan fingerprint density at radius 1 is 1.21 bits per heavy atom. The average molecular weight is 327 g/mol. The van der Waals surface area contributed by atoms with Crippen molar-refractivity contribution < 1.29 is 9.90 Å². The number of nitrogens with zero attached hydrogens (tertiary/aromatic N) is 5. The molecule has 1 aliphatic rings. The highest BCUT2D eigenvalue weighted by Gasteiger charge is 2.23. The van der Waals surface area contributed by atoms with E-state index in [1.165, 1.54) is 12.4 Å². The largest absolute Gasteiger partial charge is 0.476 e. The first-order valence-electron chi connectivity index (χ1n) is 7.95. The number of carboxylic acids is 1. The molecule has 0 atom stereocenters. The highest BCUT2D eigenvalue weighted by Crippen LogP contribution is 2.23. The Bertz CT molecular complexity index is 753. The van der Waals surface area contributed by atoms with Crippen molar-refractivity contribution in [1.82, 2.24) is 24.8 Å². The van der Waals surface area contributed by atoms with Crippen LogP contribution in [0.2, 0.25) is 0 Å². The van der Waals surface area contributed by atoms with Crippen molar-refractivity contribution in [1.29, 1.82) is 0 Å². The van der Waals surface area contributed by atoms with Crippen molar-refractivity contribution in [2.45, 2.75) is 45.7 Å². The Labute approximate surface area is 140 Å². The minimum atomic E-state index is -1.06. The van der Waals surface area contributed by atoms with E-state index in [1.807, 2.05) is 6.20 Å². The topological polar surface area (TPSA) is 92.1 Å². The summed E-state index contributed by atoms with van der Waals surface area (Å²) in [7, 11) is 0. The van der Waals surface area contributed by atoms with Gasteiger partial charge in [0, 0.05) is 48.9 Å². The lowest BCUT2D eigenvalue weighted by molar-refractivity contribution is 0.0690. The summed E-state index contributed by atoms with van der Waals surface area (Å²) >= 11 is 0. The number of aromatic nitrogens is 4. The molecule has 0 saturated carbocycles. The van der Waals surface area contributed by atoms with Gasteiger partial charge in [0.1, 0.15) is 5.82 Å². The first kappa shape index (κ1) is 16.4. The van der Waals surface area contributed by atoms with E-state index in [0.717, 1.165) is 42.3 Å². The summed E-state index contributed by atoms with van der Waals surface area (Å²) in [5.74, 6) is -0.183. The van der Waals surface area contributed by atoms with Gasteiger partial charge in [-0.05, 0) is 0 Å². The van der Waals surface area contributed by atoms with Crippen molar-refractivity contribution in [3.05, 3.63) is 47.1 Å². The van der Waals surface area contributed by atoms with Crippen LogP contribution >= 0.6 is 0 Å². The van der Waals surface area contributed by atoms with Crippen LogP contribution < -0.4 is 0 Å². The molecule has 1 aliphatic heterocycles. The number of carboxylic acid groups (broad SMARTS) is 1. The maximum Gasteiger partial charge on any atom is 0.356 e. The van der Waals surface area contributed by atoms with Crippen molar-refractivity contribution in [3.8, 4) is 0 Å². The maximum absolute atomic E-state index is 10.8. The fourth-order valence-corrected chi connectivity index (χ4v) is 2.65. The van der Waals surface area contributed by atoms with E-state index in [2.05, 4.69) is 40.6 Å². The SMILES string of the molecule is CC(C)(C)c1ncc2c(n1)CCN(Cc1cnc(C(=O)O)cn1)C2. The highest BCUT2D eigenvalue weighted by atomic mass is 16.4. The number of rotatable bonds is 3. The molecule has 0 spiro atoms. The standard InChI is InChI=1S/C17H21N5O2/c1-17(2,3)16-20-6-11-9-22(5-4-13(11)21-16)10-12-7-19-14(8-18-12)15(23)24/h6-8H,4-5,9-10H2,1-3H3,(H,23,24). The van der Waals surface area contributed by atoms with E-state index in [9.17, 15) is 4.79 Å². The number of carbonyl (C=O) groups is 1. The number of aromatic carboxylic acids is 1. The summed E-state index contributed by atoms with van der Waals surface area (Å²) in [4.78, 5) is 30.4. The first-order valence-corrected chi connectivity index (χ1v) is 7.95. The molecule has 0 fully saturated rings. The van der Waals surface area contributed by atoms with Crippen LogP contribution in [-0.4, -0.2) is 42.5 Å². The molecule has 3 rings (SSSR count). The summed E-state index contributed by atoms with van der Waals surface area (Å²) in [5.41, 5.74) is 2.94. The molecule has 0 aromatic carbocycles. The predicted molar refractivity (Wildman–Crippen MR) is 87.5 cm³/mol. The van der Waals surface area contributed by atoms with Gasteiger partial charge in [-0.1, -0.05) is 20.8 Å². The van der Waals surface area contributed by atoms with Gasteiger partial charge in [-0.15, -0.1) is 0 Å². The second-order valence-corrected chi connectivity index (χ2v) is 7.07. The average Bonchev–Trinajstić information content (AvgIpc) is 2.54. The normalized spacial score (nSPS) is 15.1. The van der Waals surface area contributed by atoms with Crippen LogP contribution in [-0.2, 0) is 24.9 Å². The van der Waals surface area contributed by atoms with Gasteiger partial charge in [0.25, 0.3) is 0 Å². The molecule has 24 heavy (non-hydrogen) atoms. The van der Waals surface area contributed by atoms with Gasteiger partial charge in [-0.25, -0.2) is 19.7 Å². The van der Waals surface area contributed by atoms with Crippen LogP contribution in [0.25, 0.3) is 0 Å². The fraction of sp³-hybridized carbons (Fsp3) is 0.471. The van der Waals surface area contributed by atoms with Gasteiger partial charge < -0.3 is 5.11 Å². The zero-order chi connectivity index (χ0) is 17.3. The van der Waals surface area contributed by atoms with Gasteiger partial charge in [-0.2, -0.15) is 0 Å². The zero-order valence-electron chi connectivity index (χ0n) is 14.2. The molecule has 2 aromatic rings. The molecule has 0 saturated heterocycles. The second-order valence-electron chi connectivity index (χ2n) is 7.07. The van der Waals surface area contributed by atoms with Gasteiger partial charge in [0.2, 0.25) is 0 Å². The van der Waals surface area contributed by atoms with Crippen molar-refractivity contribution in [3.63, 3.8) is 0 Å². The smallest absolute Gasteiger partial charge is 0.356 e. The summed E-state index contributed by atoms with van der Waals surface area (Å²) < 4.78 is 0. The third-order valence-electron chi connectivity index (χ3n) is 3.99. The molecule has 3 heterocycles. The molecule has 0 unspecified atom stereocenters. The molecule has 0 bridgehead atoms. The van der Waals surface area contributed by atoms with E-state index in [0.29, 0.717) is 6.54 Å². The monoisotopic (exact) mass is 327 g/mol. The number of hydrogen-bond acceptors (Lipinski definition) is 6. The summed E-state index contributed by atoms with van der Waals surface area (Å²) in [5, 5.41) is 8.86. The Morgan fingerprint density at radius 3 is 2.62 bits per heavy atom. The molecule has 0 amide bonds. The lowest BCUT2D eigenvalue weighted by atomic mass is 9.95. The van der Waals surface area contributed by atoms with Gasteiger partial charge in [0.05, 0.1) is 18.1 Å². The zero-order valence-corrected chi connectivity index (χ0v) is 14.2. The Balaban J connectivity index is 1.70. The van der Waals surface area contributed by atoms with Crippen LogP contribution in [0.1, 0.15) is 54.0 Å². The first-order chi connectivity index (χ1) is 11.3. The van der Waals surface area contributed by atoms with Crippen molar-refractivity contribution in [2.24, 2.45) is 0 Å². The third-order valence-corrected chi connectivity index (χ3v) is 3.99. The molecule has 7 nitrogen and oxygen atoms in total. The lowest BCUT2D eigenvalue weighted by Crippen LogP contribution is -2.32. The van der Waals surface area contributed by atoms with Crippen molar-refractivity contribution in [2.75, 3.05) is 6.54 Å². The highest BCUT2D eigenvalue weighted by molar-refractivity contribution is 5.84. The predicted octanol–water partition coefficient (Wildman–Crippen LogP) is 1.82. The molecule has 1 N–H and O–H groups in total. The van der Waals surface area contributed by atoms with Crippen LogP contribution in [0.4, 0.5) is 0 Å². The molecule has 0 aliphatic carbocycles. The molecule has 2 aromatic heterocycles. The third kappa shape index (κ3) is 3.56. The quantitative estimate of drug-likeness (QED) is 0.919. The molecular formula is C17H21N5O2. The Hall–Kier alpha value is -2.41. The number of hydrogen-bond donors (Lipinski definition) is 1. The van der Waals surface area contributed by atoms with E-state index >= 15 is 0 Å². The second kappa shape index (κ2) is 6.24. The van der Waals surface area contributed by atoms with Gasteiger partial charge >= 0.3 is 5.97 Å². The minimum Gasteiger partial charge on any atom is -0.476 e. The van der Waals surface area contributed by atoms with E-state index < -0.39 is 5.97 Å². The molecular weight excluding hydrogens is 306 g/mol. The molecule has 126 valence electrons. The summed E-state index contributed by atoms with van der Waals surface area (Å²) in [6.45, 7) is 8.63.